The Labute approximate surface area is 104 Å². The smallest absolute Gasteiger partial charge is 0.148 e. The van der Waals surface area contributed by atoms with Crippen molar-refractivity contribution < 1.29 is 4.39 Å². The van der Waals surface area contributed by atoms with Crippen molar-refractivity contribution in [3.8, 4) is 0 Å². The molecular formula is C13H12ClFN2. The number of anilines is 2. The molecule has 3 N–H and O–H groups in total. The molecule has 2 aromatic carbocycles. The zero-order chi connectivity index (χ0) is 12.3. The molecule has 0 atom stereocenters. The Hall–Kier alpha value is -1.74. The number of hydrogen-bond donors (Lipinski definition) is 2. The minimum atomic E-state index is -0.422. The summed E-state index contributed by atoms with van der Waals surface area (Å²) < 4.78 is 13.2. The van der Waals surface area contributed by atoms with E-state index in [2.05, 4.69) is 5.32 Å². The molecule has 2 aromatic rings. The minimum absolute atomic E-state index is 0.125. The number of nitrogen functional groups attached to an aromatic ring is 1. The zero-order valence-electron chi connectivity index (χ0n) is 9.08. The van der Waals surface area contributed by atoms with Gasteiger partial charge < -0.3 is 11.1 Å². The van der Waals surface area contributed by atoms with E-state index in [1.807, 2.05) is 24.3 Å². The first-order valence-electron chi connectivity index (χ1n) is 5.20. The standard InChI is InChI=1S/C13H12ClFN2/c14-10-5-2-1-4-9(10)8-17-12-7-3-6-11(15)13(12)16/h1-7,17H,8,16H2. The van der Waals surface area contributed by atoms with E-state index in [-0.39, 0.29) is 5.69 Å². The lowest BCUT2D eigenvalue weighted by Gasteiger charge is -2.10. The first-order chi connectivity index (χ1) is 8.18. The van der Waals surface area contributed by atoms with E-state index in [9.17, 15) is 4.39 Å². The molecule has 0 fully saturated rings. The van der Waals surface area contributed by atoms with Crippen molar-refractivity contribution in [3.63, 3.8) is 0 Å². The first-order valence-corrected chi connectivity index (χ1v) is 5.57. The van der Waals surface area contributed by atoms with Crippen LogP contribution in [-0.4, -0.2) is 0 Å². The van der Waals surface area contributed by atoms with Crippen LogP contribution in [-0.2, 0) is 6.54 Å². The Bertz CT molecular complexity index is 529. The van der Waals surface area contributed by atoms with Crippen LogP contribution in [0.25, 0.3) is 0 Å². The van der Waals surface area contributed by atoms with Crippen LogP contribution in [0.4, 0.5) is 15.8 Å². The quantitative estimate of drug-likeness (QED) is 0.816. The van der Waals surface area contributed by atoms with Crippen molar-refractivity contribution in [2.45, 2.75) is 6.54 Å². The molecule has 88 valence electrons. The van der Waals surface area contributed by atoms with Gasteiger partial charge in [-0.3, -0.25) is 0 Å². The van der Waals surface area contributed by atoms with E-state index in [0.717, 1.165) is 5.56 Å². The molecule has 0 aliphatic heterocycles. The summed E-state index contributed by atoms with van der Waals surface area (Å²) in [7, 11) is 0. The van der Waals surface area contributed by atoms with Gasteiger partial charge in [0.25, 0.3) is 0 Å². The van der Waals surface area contributed by atoms with Crippen molar-refractivity contribution in [1.82, 2.24) is 0 Å². The largest absolute Gasteiger partial charge is 0.395 e. The maximum absolute atomic E-state index is 13.2. The highest BCUT2D eigenvalue weighted by Crippen LogP contribution is 2.23. The SMILES string of the molecule is Nc1c(F)cccc1NCc1ccccc1Cl. The van der Waals surface area contributed by atoms with Crippen LogP contribution in [0.3, 0.4) is 0 Å². The van der Waals surface area contributed by atoms with Gasteiger partial charge in [-0.2, -0.15) is 0 Å². The molecule has 17 heavy (non-hydrogen) atoms. The Morgan fingerprint density at radius 1 is 1.12 bits per heavy atom. The van der Waals surface area contributed by atoms with Crippen LogP contribution in [0.1, 0.15) is 5.56 Å². The number of rotatable bonds is 3. The van der Waals surface area contributed by atoms with Crippen molar-refractivity contribution >= 4 is 23.0 Å². The van der Waals surface area contributed by atoms with Gasteiger partial charge in [0.1, 0.15) is 5.82 Å². The molecule has 0 spiro atoms. The van der Waals surface area contributed by atoms with Crippen LogP contribution in [0.15, 0.2) is 42.5 Å². The van der Waals surface area contributed by atoms with Crippen LogP contribution < -0.4 is 11.1 Å². The zero-order valence-corrected chi connectivity index (χ0v) is 9.84. The van der Waals surface area contributed by atoms with Gasteiger partial charge in [0.05, 0.1) is 11.4 Å². The van der Waals surface area contributed by atoms with Crippen molar-refractivity contribution in [2.24, 2.45) is 0 Å². The topological polar surface area (TPSA) is 38.0 Å². The molecule has 0 amide bonds. The second-order valence-electron chi connectivity index (χ2n) is 3.65. The van der Waals surface area contributed by atoms with Gasteiger partial charge in [-0.05, 0) is 23.8 Å². The Morgan fingerprint density at radius 3 is 2.65 bits per heavy atom. The molecule has 4 heteroatoms. The van der Waals surface area contributed by atoms with E-state index < -0.39 is 5.82 Å². The lowest BCUT2D eigenvalue weighted by Crippen LogP contribution is -2.04. The predicted octanol–water partition coefficient (Wildman–Crippen LogP) is 3.67. The van der Waals surface area contributed by atoms with Gasteiger partial charge in [0.2, 0.25) is 0 Å². The summed E-state index contributed by atoms with van der Waals surface area (Å²) in [4.78, 5) is 0. The summed E-state index contributed by atoms with van der Waals surface area (Å²) in [5.74, 6) is -0.422. The van der Waals surface area contributed by atoms with Gasteiger partial charge in [-0.1, -0.05) is 35.9 Å². The van der Waals surface area contributed by atoms with Crippen molar-refractivity contribution in [2.75, 3.05) is 11.1 Å². The van der Waals surface area contributed by atoms with Gasteiger partial charge in [0.15, 0.2) is 0 Å². The van der Waals surface area contributed by atoms with Gasteiger partial charge >= 0.3 is 0 Å². The minimum Gasteiger partial charge on any atom is -0.395 e. The van der Waals surface area contributed by atoms with Gasteiger partial charge in [-0.25, -0.2) is 4.39 Å². The molecule has 0 radical (unpaired) electrons. The lowest BCUT2D eigenvalue weighted by molar-refractivity contribution is 0.633. The Kier molecular flexibility index (Phi) is 3.49. The molecule has 0 aliphatic carbocycles. The Morgan fingerprint density at radius 2 is 1.88 bits per heavy atom. The average molecular weight is 251 g/mol. The van der Waals surface area contributed by atoms with Gasteiger partial charge in [0, 0.05) is 11.6 Å². The van der Waals surface area contributed by atoms with E-state index >= 15 is 0 Å². The highest BCUT2D eigenvalue weighted by atomic mass is 35.5. The molecule has 2 rings (SSSR count). The molecule has 2 nitrogen and oxygen atoms in total. The molecule has 0 bridgehead atoms. The van der Waals surface area contributed by atoms with Crippen LogP contribution in [0, 0.1) is 5.82 Å². The molecule has 0 unspecified atom stereocenters. The lowest BCUT2D eigenvalue weighted by atomic mass is 10.2. The summed E-state index contributed by atoms with van der Waals surface area (Å²) in [6.07, 6.45) is 0. The van der Waals surface area contributed by atoms with E-state index in [1.54, 1.807) is 12.1 Å². The second kappa shape index (κ2) is 5.06. The molecular weight excluding hydrogens is 239 g/mol. The summed E-state index contributed by atoms with van der Waals surface area (Å²) in [6, 6.07) is 12.2. The molecule has 0 aliphatic rings. The van der Waals surface area contributed by atoms with E-state index in [0.29, 0.717) is 17.3 Å². The number of halogens is 2. The molecule has 0 saturated heterocycles. The fourth-order valence-electron chi connectivity index (χ4n) is 1.52. The predicted molar refractivity (Wildman–Crippen MR) is 69.6 cm³/mol. The first kappa shape index (κ1) is 11.7. The fraction of sp³-hybridized carbons (Fsp3) is 0.0769. The number of hydrogen-bond acceptors (Lipinski definition) is 2. The van der Waals surface area contributed by atoms with Crippen molar-refractivity contribution in [1.29, 1.82) is 0 Å². The summed E-state index contributed by atoms with van der Waals surface area (Å²) in [5, 5.41) is 3.74. The molecule has 0 aromatic heterocycles. The highest BCUT2D eigenvalue weighted by Gasteiger charge is 2.04. The number of benzene rings is 2. The van der Waals surface area contributed by atoms with Crippen molar-refractivity contribution in [3.05, 3.63) is 58.9 Å². The molecule has 0 heterocycles. The van der Waals surface area contributed by atoms with Crippen LogP contribution in [0.5, 0.6) is 0 Å². The number of nitrogens with one attached hydrogen (secondary N) is 1. The summed E-state index contributed by atoms with van der Waals surface area (Å²) >= 11 is 6.02. The highest BCUT2D eigenvalue weighted by molar-refractivity contribution is 6.31. The third-order valence-corrected chi connectivity index (χ3v) is 2.85. The number of nitrogens with two attached hydrogens (primary N) is 1. The van der Waals surface area contributed by atoms with Crippen LogP contribution in [0.2, 0.25) is 5.02 Å². The third-order valence-electron chi connectivity index (χ3n) is 2.48. The van der Waals surface area contributed by atoms with Crippen LogP contribution >= 0.6 is 11.6 Å². The average Bonchev–Trinajstić information content (AvgIpc) is 2.33. The monoisotopic (exact) mass is 250 g/mol. The van der Waals surface area contributed by atoms with Gasteiger partial charge in [-0.15, -0.1) is 0 Å². The third kappa shape index (κ3) is 2.68. The van der Waals surface area contributed by atoms with E-state index in [4.69, 9.17) is 17.3 Å². The maximum Gasteiger partial charge on any atom is 0.148 e. The van der Waals surface area contributed by atoms with E-state index in [1.165, 1.54) is 6.07 Å². The number of para-hydroxylation sites is 1. The normalized spacial score (nSPS) is 10.2. The Balaban J connectivity index is 2.13. The summed E-state index contributed by atoms with van der Waals surface area (Å²) in [6.45, 7) is 0.507. The molecule has 0 saturated carbocycles. The fourth-order valence-corrected chi connectivity index (χ4v) is 1.73. The second-order valence-corrected chi connectivity index (χ2v) is 4.05. The summed E-state index contributed by atoms with van der Waals surface area (Å²) in [5.41, 5.74) is 7.26. The maximum atomic E-state index is 13.2.